The van der Waals surface area contributed by atoms with Gasteiger partial charge in [-0.3, -0.25) is 9.59 Å². The van der Waals surface area contributed by atoms with Crippen LogP contribution in [0.5, 0.6) is 0 Å². The zero-order valence-electron chi connectivity index (χ0n) is 13.3. The second-order valence-electron chi connectivity index (χ2n) is 6.44. The first-order valence-electron chi connectivity index (χ1n) is 8.15. The molecule has 120 valence electrons. The molecule has 2 fully saturated rings. The molecule has 0 aromatic carbocycles. The number of rotatable bonds is 4. The van der Waals surface area contributed by atoms with Gasteiger partial charge in [-0.15, -0.1) is 0 Å². The molecule has 2 rings (SSSR count). The Labute approximate surface area is 127 Å². The molecule has 2 aliphatic heterocycles. The number of amides is 2. The third-order valence-corrected chi connectivity index (χ3v) is 4.83. The van der Waals surface area contributed by atoms with E-state index in [1.807, 2.05) is 9.80 Å². The lowest BCUT2D eigenvalue weighted by molar-refractivity contribution is -0.130. The summed E-state index contributed by atoms with van der Waals surface area (Å²) in [7, 11) is 0. The Hall–Kier alpha value is -1.10. The smallest absolute Gasteiger partial charge is 0.219 e. The standard InChI is InChI=1S/C16H28N2O3/c1-13(19)17-7-3-15(4-8-17)11-21-12-16-5-9-18(10-6-16)14(2)20/h15-16H,3-12H2,1-2H3. The quantitative estimate of drug-likeness (QED) is 0.790. The number of carbonyl (C=O) groups is 2. The third kappa shape index (κ3) is 4.99. The molecule has 0 N–H and O–H groups in total. The first kappa shape index (κ1) is 16.3. The molecule has 0 aromatic heterocycles. The minimum Gasteiger partial charge on any atom is -0.381 e. The van der Waals surface area contributed by atoms with Crippen LogP contribution in [0.25, 0.3) is 0 Å². The lowest BCUT2D eigenvalue weighted by Gasteiger charge is -2.33. The molecule has 21 heavy (non-hydrogen) atoms. The number of hydrogen-bond acceptors (Lipinski definition) is 3. The summed E-state index contributed by atoms with van der Waals surface area (Å²) in [6.07, 6.45) is 4.23. The minimum atomic E-state index is 0.187. The van der Waals surface area contributed by atoms with Crippen LogP contribution in [0.2, 0.25) is 0 Å². The fraction of sp³-hybridized carbons (Fsp3) is 0.875. The largest absolute Gasteiger partial charge is 0.381 e. The average Bonchev–Trinajstić information content (AvgIpc) is 2.48. The third-order valence-electron chi connectivity index (χ3n) is 4.83. The Morgan fingerprint density at radius 2 is 1.14 bits per heavy atom. The molecule has 0 bridgehead atoms. The van der Waals surface area contributed by atoms with Crippen LogP contribution in [0.3, 0.4) is 0 Å². The van der Waals surface area contributed by atoms with Crippen LogP contribution >= 0.6 is 0 Å². The zero-order valence-corrected chi connectivity index (χ0v) is 13.3. The summed E-state index contributed by atoms with van der Waals surface area (Å²) in [5.41, 5.74) is 0. The maximum atomic E-state index is 11.3. The Morgan fingerprint density at radius 1 is 0.810 bits per heavy atom. The van der Waals surface area contributed by atoms with Crippen molar-refractivity contribution in [2.75, 3.05) is 39.4 Å². The minimum absolute atomic E-state index is 0.187. The lowest BCUT2D eigenvalue weighted by Crippen LogP contribution is -2.39. The van der Waals surface area contributed by atoms with Gasteiger partial charge in [-0.05, 0) is 37.5 Å². The lowest BCUT2D eigenvalue weighted by atomic mass is 9.96. The molecule has 2 heterocycles. The number of ether oxygens (including phenoxy) is 1. The highest BCUT2D eigenvalue weighted by molar-refractivity contribution is 5.73. The van der Waals surface area contributed by atoms with Gasteiger partial charge in [-0.1, -0.05) is 0 Å². The molecular weight excluding hydrogens is 268 g/mol. The summed E-state index contributed by atoms with van der Waals surface area (Å²) in [4.78, 5) is 26.4. The predicted octanol–water partition coefficient (Wildman–Crippen LogP) is 1.52. The number of piperidine rings is 2. The molecule has 0 radical (unpaired) electrons. The van der Waals surface area contributed by atoms with Crippen LogP contribution in [-0.4, -0.2) is 61.0 Å². The monoisotopic (exact) mass is 296 g/mol. The predicted molar refractivity (Wildman–Crippen MR) is 80.8 cm³/mol. The van der Waals surface area contributed by atoms with E-state index in [-0.39, 0.29) is 11.8 Å². The van der Waals surface area contributed by atoms with Crippen molar-refractivity contribution in [2.45, 2.75) is 39.5 Å². The van der Waals surface area contributed by atoms with E-state index in [1.165, 1.54) is 0 Å². The zero-order chi connectivity index (χ0) is 15.2. The summed E-state index contributed by atoms with van der Waals surface area (Å²) >= 11 is 0. The summed E-state index contributed by atoms with van der Waals surface area (Å²) in [5, 5.41) is 0. The van der Waals surface area contributed by atoms with E-state index in [9.17, 15) is 9.59 Å². The first-order valence-corrected chi connectivity index (χ1v) is 8.15. The van der Waals surface area contributed by atoms with Gasteiger partial charge in [0.05, 0.1) is 0 Å². The van der Waals surface area contributed by atoms with E-state index in [1.54, 1.807) is 13.8 Å². The summed E-state index contributed by atoms with van der Waals surface area (Å²) < 4.78 is 5.90. The van der Waals surface area contributed by atoms with Crippen LogP contribution < -0.4 is 0 Å². The molecule has 0 aliphatic carbocycles. The Kier molecular flexibility index (Phi) is 6.03. The highest BCUT2D eigenvalue weighted by Gasteiger charge is 2.23. The molecule has 5 heteroatoms. The van der Waals surface area contributed by atoms with E-state index < -0.39 is 0 Å². The summed E-state index contributed by atoms with van der Waals surface area (Å²) in [5.74, 6) is 1.56. The molecule has 0 saturated carbocycles. The number of likely N-dealkylation sites (tertiary alicyclic amines) is 2. The van der Waals surface area contributed by atoms with Crippen molar-refractivity contribution >= 4 is 11.8 Å². The molecule has 2 amide bonds. The molecule has 0 spiro atoms. The van der Waals surface area contributed by atoms with Gasteiger partial charge in [0.2, 0.25) is 11.8 Å². The maximum Gasteiger partial charge on any atom is 0.219 e. The van der Waals surface area contributed by atoms with E-state index in [0.717, 1.165) is 65.1 Å². The molecule has 2 saturated heterocycles. The molecule has 0 unspecified atom stereocenters. The van der Waals surface area contributed by atoms with Crippen molar-refractivity contribution in [2.24, 2.45) is 11.8 Å². The topological polar surface area (TPSA) is 49.9 Å². The molecular formula is C16H28N2O3. The average molecular weight is 296 g/mol. The fourth-order valence-corrected chi connectivity index (χ4v) is 3.23. The fourth-order valence-electron chi connectivity index (χ4n) is 3.23. The SMILES string of the molecule is CC(=O)N1CCC(COCC2CCN(C(C)=O)CC2)CC1. The van der Waals surface area contributed by atoms with Gasteiger partial charge in [0.15, 0.2) is 0 Å². The number of hydrogen-bond donors (Lipinski definition) is 0. The van der Waals surface area contributed by atoms with Gasteiger partial charge in [-0.2, -0.15) is 0 Å². The van der Waals surface area contributed by atoms with Gasteiger partial charge in [0.25, 0.3) is 0 Å². The van der Waals surface area contributed by atoms with Crippen molar-refractivity contribution in [1.29, 1.82) is 0 Å². The molecule has 0 atom stereocenters. The van der Waals surface area contributed by atoms with Crippen molar-refractivity contribution in [3.05, 3.63) is 0 Å². The number of carbonyl (C=O) groups excluding carboxylic acids is 2. The Bertz CT molecular complexity index is 323. The molecule has 5 nitrogen and oxygen atoms in total. The van der Waals surface area contributed by atoms with Crippen LogP contribution in [0.4, 0.5) is 0 Å². The van der Waals surface area contributed by atoms with Gasteiger partial charge >= 0.3 is 0 Å². The molecule has 0 aromatic rings. The van der Waals surface area contributed by atoms with Crippen LogP contribution in [-0.2, 0) is 14.3 Å². The van der Waals surface area contributed by atoms with Crippen molar-refractivity contribution < 1.29 is 14.3 Å². The van der Waals surface area contributed by atoms with Crippen molar-refractivity contribution in [1.82, 2.24) is 9.80 Å². The van der Waals surface area contributed by atoms with E-state index in [2.05, 4.69) is 0 Å². The summed E-state index contributed by atoms with van der Waals surface area (Å²) in [6, 6.07) is 0. The van der Waals surface area contributed by atoms with Gasteiger partial charge in [0, 0.05) is 53.2 Å². The van der Waals surface area contributed by atoms with Gasteiger partial charge in [0.1, 0.15) is 0 Å². The second-order valence-corrected chi connectivity index (χ2v) is 6.44. The van der Waals surface area contributed by atoms with Crippen LogP contribution in [0, 0.1) is 11.8 Å². The number of nitrogens with zero attached hydrogens (tertiary/aromatic N) is 2. The highest BCUT2D eigenvalue weighted by Crippen LogP contribution is 2.20. The Morgan fingerprint density at radius 3 is 1.43 bits per heavy atom. The van der Waals surface area contributed by atoms with Gasteiger partial charge in [-0.25, -0.2) is 0 Å². The van der Waals surface area contributed by atoms with Gasteiger partial charge < -0.3 is 14.5 Å². The van der Waals surface area contributed by atoms with Crippen molar-refractivity contribution in [3.63, 3.8) is 0 Å². The summed E-state index contributed by atoms with van der Waals surface area (Å²) in [6.45, 7) is 8.42. The highest BCUT2D eigenvalue weighted by atomic mass is 16.5. The Balaban J connectivity index is 1.57. The van der Waals surface area contributed by atoms with E-state index >= 15 is 0 Å². The van der Waals surface area contributed by atoms with Crippen molar-refractivity contribution in [3.8, 4) is 0 Å². The molecule has 2 aliphatic rings. The normalized spacial score (nSPS) is 21.6. The first-order chi connectivity index (χ1) is 10.1. The van der Waals surface area contributed by atoms with E-state index in [0.29, 0.717) is 11.8 Å². The van der Waals surface area contributed by atoms with E-state index in [4.69, 9.17) is 4.74 Å². The van der Waals surface area contributed by atoms with Crippen LogP contribution in [0.1, 0.15) is 39.5 Å². The maximum absolute atomic E-state index is 11.3. The second kappa shape index (κ2) is 7.78. The van der Waals surface area contributed by atoms with Crippen LogP contribution in [0.15, 0.2) is 0 Å².